The monoisotopic (exact) mass is 443 g/mol. The van der Waals surface area contributed by atoms with Crippen LogP contribution < -0.4 is 5.32 Å². The van der Waals surface area contributed by atoms with E-state index >= 15 is 0 Å². The summed E-state index contributed by atoms with van der Waals surface area (Å²) < 4.78 is 18.5. The lowest BCUT2D eigenvalue weighted by Crippen LogP contribution is -2.48. The fourth-order valence-electron chi connectivity index (χ4n) is 4.57. The average Bonchev–Trinajstić information content (AvgIpc) is 2.81. The predicted molar refractivity (Wildman–Crippen MR) is 123 cm³/mol. The van der Waals surface area contributed by atoms with Crippen molar-refractivity contribution in [3.63, 3.8) is 0 Å². The van der Waals surface area contributed by atoms with Crippen molar-refractivity contribution in [3.05, 3.63) is 48.0 Å². The van der Waals surface area contributed by atoms with Crippen LogP contribution in [0.4, 0.5) is 9.18 Å². The van der Waals surface area contributed by atoms with Gasteiger partial charge in [0.2, 0.25) is 6.36 Å². The number of hydrogen-bond acceptors (Lipinski definition) is 4. The Kier molecular flexibility index (Phi) is 9.03. The molecule has 3 unspecified atom stereocenters. The highest BCUT2D eigenvalue weighted by molar-refractivity contribution is 6.10. The van der Waals surface area contributed by atoms with Crippen molar-refractivity contribution in [3.8, 4) is 0 Å². The summed E-state index contributed by atoms with van der Waals surface area (Å²) in [5.41, 5.74) is 0.405. The van der Waals surface area contributed by atoms with Gasteiger partial charge in [0.25, 0.3) is 0 Å². The standard InChI is InChI=1S/C26H34FNO4/c1-2-9-23(27)32-26(31)28-22(17-16-18-10-4-3-5-11-18)25(30)24(29)21-15-8-13-19-12-6-7-14-20(19)21/h6-8,12-15,18,22-23,25,30H,2-5,9-11,16-17H2,1H3,(H,28,31). The molecule has 0 spiro atoms. The number of hydrogen-bond donors (Lipinski definition) is 2. The second kappa shape index (κ2) is 12.0. The van der Waals surface area contributed by atoms with Crippen LogP contribution in [-0.2, 0) is 4.74 Å². The lowest BCUT2D eigenvalue weighted by molar-refractivity contribution is 0.00308. The summed E-state index contributed by atoms with van der Waals surface area (Å²) in [7, 11) is 0. The van der Waals surface area contributed by atoms with E-state index in [1.807, 2.05) is 30.3 Å². The molecule has 1 aliphatic carbocycles. The van der Waals surface area contributed by atoms with E-state index in [1.165, 1.54) is 19.3 Å². The van der Waals surface area contributed by atoms with Crippen LogP contribution >= 0.6 is 0 Å². The van der Waals surface area contributed by atoms with E-state index < -0.39 is 30.4 Å². The summed E-state index contributed by atoms with van der Waals surface area (Å²) in [4.78, 5) is 25.5. The zero-order chi connectivity index (χ0) is 22.9. The number of alkyl carbamates (subject to hydrolysis) is 1. The molecule has 1 fully saturated rings. The van der Waals surface area contributed by atoms with E-state index in [9.17, 15) is 19.1 Å². The number of aliphatic hydroxyl groups excluding tert-OH is 1. The van der Waals surface area contributed by atoms with Gasteiger partial charge in [0.1, 0.15) is 6.10 Å². The Morgan fingerprint density at radius 1 is 1.09 bits per heavy atom. The number of fused-ring (bicyclic) bond motifs is 1. The first kappa shape index (κ1) is 24.2. The van der Waals surface area contributed by atoms with Crippen LogP contribution in [0.3, 0.4) is 0 Å². The Balaban J connectivity index is 1.75. The molecule has 0 aliphatic heterocycles. The minimum absolute atomic E-state index is 0.109. The second-order valence-corrected chi connectivity index (χ2v) is 8.77. The number of ether oxygens (including phenoxy) is 1. The third-order valence-corrected chi connectivity index (χ3v) is 6.37. The van der Waals surface area contributed by atoms with Crippen molar-refractivity contribution in [1.82, 2.24) is 5.32 Å². The van der Waals surface area contributed by atoms with Gasteiger partial charge in [-0.3, -0.25) is 4.79 Å². The van der Waals surface area contributed by atoms with Gasteiger partial charge in [0.15, 0.2) is 5.78 Å². The highest BCUT2D eigenvalue weighted by Crippen LogP contribution is 2.29. The highest BCUT2D eigenvalue weighted by Gasteiger charge is 2.31. The van der Waals surface area contributed by atoms with Crippen LogP contribution in [0, 0.1) is 5.92 Å². The third-order valence-electron chi connectivity index (χ3n) is 6.37. The van der Waals surface area contributed by atoms with Crippen molar-refractivity contribution >= 4 is 22.6 Å². The molecular weight excluding hydrogens is 409 g/mol. The summed E-state index contributed by atoms with van der Waals surface area (Å²) in [6.07, 6.45) is 3.63. The minimum Gasteiger partial charge on any atom is -0.415 e. The van der Waals surface area contributed by atoms with Gasteiger partial charge in [0, 0.05) is 12.0 Å². The Morgan fingerprint density at radius 3 is 2.56 bits per heavy atom. The van der Waals surface area contributed by atoms with Crippen LogP contribution in [0.2, 0.25) is 0 Å². The third kappa shape index (κ3) is 6.52. The molecule has 1 aliphatic rings. The summed E-state index contributed by atoms with van der Waals surface area (Å²) in [6.45, 7) is 1.80. The van der Waals surface area contributed by atoms with E-state index in [4.69, 9.17) is 4.74 Å². The van der Waals surface area contributed by atoms with Gasteiger partial charge in [-0.15, -0.1) is 0 Å². The van der Waals surface area contributed by atoms with Gasteiger partial charge < -0.3 is 15.2 Å². The van der Waals surface area contributed by atoms with Gasteiger partial charge >= 0.3 is 6.09 Å². The number of halogens is 1. The first-order chi connectivity index (χ1) is 15.5. The van der Waals surface area contributed by atoms with E-state index in [2.05, 4.69) is 5.32 Å². The number of rotatable bonds is 10. The van der Waals surface area contributed by atoms with Gasteiger partial charge in [-0.2, -0.15) is 0 Å². The molecule has 3 rings (SSSR count). The maximum Gasteiger partial charge on any atom is 0.409 e. The van der Waals surface area contributed by atoms with Crippen molar-refractivity contribution in [2.24, 2.45) is 5.92 Å². The van der Waals surface area contributed by atoms with Crippen LogP contribution in [-0.4, -0.2) is 35.5 Å². The van der Waals surface area contributed by atoms with Gasteiger partial charge in [-0.05, 0) is 36.0 Å². The Hall–Kier alpha value is -2.47. The molecule has 1 amide bonds. The van der Waals surface area contributed by atoms with E-state index in [0.29, 0.717) is 24.3 Å². The number of Topliss-reactive ketones (excluding diaryl/α,β-unsaturated/α-hetero) is 1. The fraction of sp³-hybridized carbons (Fsp3) is 0.538. The lowest BCUT2D eigenvalue weighted by Gasteiger charge is -2.27. The fourth-order valence-corrected chi connectivity index (χ4v) is 4.57. The second-order valence-electron chi connectivity index (χ2n) is 8.77. The van der Waals surface area contributed by atoms with E-state index in [-0.39, 0.29) is 6.42 Å². The molecule has 1 saturated carbocycles. The van der Waals surface area contributed by atoms with Gasteiger partial charge in [0.05, 0.1) is 6.04 Å². The first-order valence-corrected chi connectivity index (χ1v) is 11.8. The summed E-state index contributed by atoms with van der Waals surface area (Å²) in [5, 5.41) is 15.2. The van der Waals surface area contributed by atoms with Gasteiger partial charge in [-0.25, -0.2) is 9.18 Å². The Morgan fingerprint density at radius 2 is 1.81 bits per heavy atom. The van der Waals surface area contributed by atoms with Crippen LogP contribution in [0.25, 0.3) is 10.8 Å². The van der Waals surface area contributed by atoms with Crippen LogP contribution in [0.15, 0.2) is 42.5 Å². The van der Waals surface area contributed by atoms with E-state index in [1.54, 1.807) is 19.1 Å². The van der Waals surface area contributed by atoms with Crippen LogP contribution in [0.1, 0.15) is 75.1 Å². The minimum atomic E-state index is -1.70. The zero-order valence-corrected chi connectivity index (χ0v) is 18.8. The van der Waals surface area contributed by atoms with Crippen molar-refractivity contribution in [2.75, 3.05) is 0 Å². The maximum absolute atomic E-state index is 13.8. The van der Waals surface area contributed by atoms with Crippen molar-refractivity contribution < 1.29 is 23.8 Å². The Labute approximate surface area is 189 Å². The molecule has 0 bridgehead atoms. The normalized spacial score (nSPS) is 17.5. The topological polar surface area (TPSA) is 75.6 Å². The quantitative estimate of drug-likeness (QED) is 0.446. The number of carbonyl (C=O) groups excluding carboxylic acids is 2. The van der Waals surface area contributed by atoms with Gasteiger partial charge in [-0.1, -0.05) is 81.5 Å². The lowest BCUT2D eigenvalue weighted by atomic mass is 9.84. The summed E-state index contributed by atoms with van der Waals surface area (Å²) >= 11 is 0. The molecule has 6 heteroatoms. The number of benzene rings is 2. The molecule has 32 heavy (non-hydrogen) atoms. The Bertz CT molecular complexity index is 891. The van der Waals surface area contributed by atoms with E-state index in [0.717, 1.165) is 30.0 Å². The summed E-state index contributed by atoms with van der Waals surface area (Å²) in [5.74, 6) is 0.0547. The average molecular weight is 444 g/mol. The first-order valence-electron chi connectivity index (χ1n) is 11.8. The molecule has 0 radical (unpaired) electrons. The smallest absolute Gasteiger partial charge is 0.409 e. The SMILES string of the molecule is CCCC(F)OC(=O)NC(CCC1CCCCC1)C(O)C(=O)c1cccc2ccccc12. The molecule has 0 heterocycles. The number of nitrogens with one attached hydrogen (secondary N) is 1. The highest BCUT2D eigenvalue weighted by atomic mass is 19.1. The molecule has 5 nitrogen and oxygen atoms in total. The number of carbonyl (C=O) groups is 2. The molecule has 174 valence electrons. The number of amides is 1. The molecule has 3 atom stereocenters. The number of alkyl halides is 1. The molecule has 2 aromatic carbocycles. The molecule has 2 N–H and O–H groups in total. The zero-order valence-electron chi connectivity index (χ0n) is 18.8. The van der Waals surface area contributed by atoms with Crippen molar-refractivity contribution in [2.45, 2.75) is 83.2 Å². The summed E-state index contributed by atoms with van der Waals surface area (Å²) in [6, 6.07) is 12.0. The van der Waals surface area contributed by atoms with Crippen LogP contribution in [0.5, 0.6) is 0 Å². The van der Waals surface area contributed by atoms with Crippen molar-refractivity contribution in [1.29, 1.82) is 0 Å². The maximum atomic E-state index is 13.8. The number of ketones is 1. The largest absolute Gasteiger partial charge is 0.415 e. The molecular formula is C26H34FNO4. The molecule has 0 aromatic heterocycles. The molecule has 2 aromatic rings. The molecule has 0 saturated heterocycles. The predicted octanol–water partition coefficient (Wildman–Crippen LogP) is 5.93. The number of aliphatic hydroxyl groups is 1.